The number of halogens is 1. The summed E-state index contributed by atoms with van der Waals surface area (Å²) in [6.07, 6.45) is 0. The zero-order valence-corrected chi connectivity index (χ0v) is 18.2. The highest BCUT2D eigenvalue weighted by molar-refractivity contribution is 9.10. The maximum absolute atomic E-state index is 12.7. The molecule has 2 aromatic carbocycles. The van der Waals surface area contributed by atoms with E-state index in [1.54, 1.807) is 29.2 Å². The second kappa shape index (κ2) is 8.77. The maximum Gasteiger partial charge on any atom is 0.243 e. The third-order valence-electron chi connectivity index (χ3n) is 4.49. The fraction of sp³-hybridized carbons (Fsp3) is 0.316. The van der Waals surface area contributed by atoms with Gasteiger partial charge in [0.1, 0.15) is 0 Å². The van der Waals surface area contributed by atoms with Gasteiger partial charge in [0.15, 0.2) is 0 Å². The van der Waals surface area contributed by atoms with Gasteiger partial charge in [-0.05, 0) is 42.8 Å². The van der Waals surface area contributed by atoms with Gasteiger partial charge in [0.2, 0.25) is 15.9 Å². The van der Waals surface area contributed by atoms with E-state index in [0.29, 0.717) is 31.9 Å². The predicted octanol–water partition coefficient (Wildman–Crippen LogP) is 3.38. The summed E-state index contributed by atoms with van der Waals surface area (Å²) in [6.45, 7) is 3.50. The summed E-state index contributed by atoms with van der Waals surface area (Å²) < 4.78 is 27.7. The number of nitrogens with zero attached hydrogens (tertiary/aromatic N) is 2. The highest BCUT2D eigenvalue weighted by Gasteiger charge is 2.30. The van der Waals surface area contributed by atoms with Crippen molar-refractivity contribution < 1.29 is 13.2 Å². The van der Waals surface area contributed by atoms with Crippen molar-refractivity contribution in [1.29, 1.82) is 0 Å². The van der Waals surface area contributed by atoms with E-state index >= 15 is 0 Å². The predicted molar refractivity (Wildman–Crippen MR) is 111 cm³/mol. The van der Waals surface area contributed by atoms with Crippen molar-refractivity contribution in [3.63, 3.8) is 0 Å². The van der Waals surface area contributed by atoms with Crippen LogP contribution in [0.3, 0.4) is 0 Å². The maximum atomic E-state index is 12.7. The van der Waals surface area contributed by atoms with Crippen LogP contribution in [0.1, 0.15) is 5.56 Å². The van der Waals surface area contributed by atoms with Crippen molar-refractivity contribution >= 4 is 43.6 Å². The van der Waals surface area contributed by atoms with Gasteiger partial charge < -0.3 is 4.90 Å². The van der Waals surface area contributed by atoms with Crippen LogP contribution in [-0.4, -0.2) is 55.5 Å². The minimum Gasteiger partial charge on any atom is -0.339 e. The lowest BCUT2D eigenvalue weighted by atomic mass is 10.2. The molecule has 144 valence electrons. The molecule has 0 unspecified atom stereocenters. The topological polar surface area (TPSA) is 57.7 Å². The third kappa shape index (κ3) is 4.93. The highest BCUT2D eigenvalue weighted by atomic mass is 79.9. The summed E-state index contributed by atoms with van der Waals surface area (Å²) in [5.74, 6) is 0.411. The van der Waals surface area contributed by atoms with Crippen LogP contribution in [-0.2, 0) is 14.8 Å². The SMILES string of the molecule is Cc1ccccc1SCC(=O)N1CCN(S(=O)(=O)c2ccc(Br)cc2)CC1. The van der Waals surface area contributed by atoms with Crippen molar-refractivity contribution in [1.82, 2.24) is 9.21 Å². The van der Waals surface area contributed by atoms with E-state index < -0.39 is 10.0 Å². The Balaban J connectivity index is 1.56. The molecular weight excluding hydrogens is 448 g/mol. The number of benzene rings is 2. The van der Waals surface area contributed by atoms with Gasteiger partial charge in [0.05, 0.1) is 10.6 Å². The Morgan fingerprint density at radius 1 is 1.04 bits per heavy atom. The quantitative estimate of drug-likeness (QED) is 0.631. The van der Waals surface area contributed by atoms with E-state index in [2.05, 4.69) is 15.9 Å². The van der Waals surface area contributed by atoms with Crippen LogP contribution in [0.2, 0.25) is 0 Å². The zero-order valence-electron chi connectivity index (χ0n) is 15.0. The lowest BCUT2D eigenvalue weighted by molar-refractivity contribution is -0.129. The summed E-state index contributed by atoms with van der Waals surface area (Å²) in [5, 5.41) is 0. The summed E-state index contributed by atoms with van der Waals surface area (Å²) in [7, 11) is -3.52. The van der Waals surface area contributed by atoms with Crippen LogP contribution in [0.4, 0.5) is 0 Å². The first-order valence-corrected chi connectivity index (χ1v) is 11.8. The largest absolute Gasteiger partial charge is 0.339 e. The molecule has 1 saturated heterocycles. The first-order chi connectivity index (χ1) is 12.9. The molecule has 0 aliphatic carbocycles. The van der Waals surface area contributed by atoms with E-state index in [9.17, 15) is 13.2 Å². The molecule has 1 aliphatic rings. The number of sulfonamides is 1. The van der Waals surface area contributed by atoms with E-state index in [1.165, 1.54) is 16.1 Å². The van der Waals surface area contributed by atoms with Crippen LogP contribution in [0.5, 0.6) is 0 Å². The molecule has 8 heteroatoms. The van der Waals surface area contributed by atoms with Gasteiger partial charge in [-0.25, -0.2) is 8.42 Å². The molecule has 5 nitrogen and oxygen atoms in total. The number of amides is 1. The molecule has 1 fully saturated rings. The minimum absolute atomic E-state index is 0.0453. The molecule has 0 radical (unpaired) electrons. The standard InChI is InChI=1S/C19H21BrN2O3S2/c1-15-4-2-3-5-18(15)26-14-19(23)21-10-12-22(13-11-21)27(24,25)17-8-6-16(20)7-9-17/h2-9H,10-14H2,1H3. The van der Waals surface area contributed by atoms with Gasteiger partial charge in [0, 0.05) is 35.5 Å². The molecule has 1 amide bonds. The molecule has 27 heavy (non-hydrogen) atoms. The summed E-state index contributed by atoms with van der Waals surface area (Å²) in [5.41, 5.74) is 1.15. The molecule has 0 bridgehead atoms. The third-order valence-corrected chi connectivity index (χ3v) is 8.09. The van der Waals surface area contributed by atoms with Gasteiger partial charge in [-0.2, -0.15) is 4.31 Å². The normalized spacial score (nSPS) is 15.7. The summed E-state index contributed by atoms with van der Waals surface area (Å²) in [4.78, 5) is 15.6. The van der Waals surface area contributed by atoms with Gasteiger partial charge in [0.25, 0.3) is 0 Å². The first-order valence-electron chi connectivity index (χ1n) is 8.60. The lowest BCUT2D eigenvalue weighted by Gasteiger charge is -2.34. The van der Waals surface area contributed by atoms with Crippen molar-refractivity contribution in [2.24, 2.45) is 0 Å². The van der Waals surface area contributed by atoms with Gasteiger partial charge in [-0.15, -0.1) is 11.8 Å². The Kier molecular flexibility index (Phi) is 6.62. The van der Waals surface area contributed by atoms with Crippen molar-refractivity contribution in [2.45, 2.75) is 16.7 Å². The molecule has 0 aromatic heterocycles. The Hall–Kier alpha value is -1.35. The number of carbonyl (C=O) groups excluding carboxylic acids is 1. The fourth-order valence-corrected chi connectivity index (χ4v) is 5.50. The van der Waals surface area contributed by atoms with E-state index in [0.717, 1.165) is 14.9 Å². The number of aryl methyl sites for hydroxylation is 1. The second-order valence-electron chi connectivity index (χ2n) is 6.29. The molecule has 0 spiro atoms. The number of carbonyl (C=O) groups is 1. The lowest BCUT2D eigenvalue weighted by Crippen LogP contribution is -2.50. The van der Waals surface area contributed by atoms with Crippen LogP contribution in [0, 0.1) is 6.92 Å². The minimum atomic E-state index is -3.52. The Labute approximate surface area is 172 Å². The average Bonchev–Trinajstić information content (AvgIpc) is 2.67. The number of thioether (sulfide) groups is 1. The smallest absolute Gasteiger partial charge is 0.243 e. The zero-order chi connectivity index (χ0) is 19.4. The molecule has 3 rings (SSSR count). The molecule has 1 heterocycles. The number of hydrogen-bond acceptors (Lipinski definition) is 4. The van der Waals surface area contributed by atoms with E-state index in [-0.39, 0.29) is 10.8 Å². The molecule has 2 aromatic rings. The van der Waals surface area contributed by atoms with Crippen molar-refractivity contribution in [3.05, 3.63) is 58.6 Å². The molecule has 0 N–H and O–H groups in total. The average molecular weight is 469 g/mol. The second-order valence-corrected chi connectivity index (χ2v) is 10.2. The number of piperazine rings is 1. The van der Waals surface area contributed by atoms with Gasteiger partial charge in [-0.1, -0.05) is 34.1 Å². The molecule has 0 atom stereocenters. The van der Waals surface area contributed by atoms with Crippen LogP contribution in [0.25, 0.3) is 0 Å². The first kappa shape index (κ1) is 20.4. The van der Waals surface area contributed by atoms with Crippen molar-refractivity contribution in [3.8, 4) is 0 Å². The monoisotopic (exact) mass is 468 g/mol. The molecule has 1 aliphatic heterocycles. The van der Waals surface area contributed by atoms with Crippen LogP contribution >= 0.6 is 27.7 Å². The number of hydrogen-bond donors (Lipinski definition) is 0. The highest BCUT2D eigenvalue weighted by Crippen LogP contribution is 2.23. The Morgan fingerprint density at radius 2 is 1.67 bits per heavy atom. The van der Waals surface area contributed by atoms with E-state index in [1.807, 2.05) is 31.2 Å². The van der Waals surface area contributed by atoms with Crippen LogP contribution < -0.4 is 0 Å². The van der Waals surface area contributed by atoms with E-state index in [4.69, 9.17) is 0 Å². The molecule has 0 saturated carbocycles. The molecular formula is C19H21BrN2O3S2. The summed E-state index contributed by atoms with van der Waals surface area (Å²) in [6, 6.07) is 14.6. The number of rotatable bonds is 5. The van der Waals surface area contributed by atoms with Crippen LogP contribution in [0.15, 0.2) is 62.8 Å². The van der Waals surface area contributed by atoms with Crippen molar-refractivity contribution in [2.75, 3.05) is 31.9 Å². The summed E-state index contributed by atoms with van der Waals surface area (Å²) >= 11 is 4.84. The fourth-order valence-electron chi connectivity index (χ4n) is 2.88. The van der Waals surface area contributed by atoms with Gasteiger partial charge >= 0.3 is 0 Å². The van der Waals surface area contributed by atoms with Gasteiger partial charge in [-0.3, -0.25) is 4.79 Å². The Morgan fingerprint density at radius 3 is 2.30 bits per heavy atom. The Bertz CT molecular complexity index is 909.